The fraction of sp³-hybridized carbons (Fsp3) is 0.375. The fourth-order valence-corrected chi connectivity index (χ4v) is 2.26. The van der Waals surface area contributed by atoms with Crippen LogP contribution in [0.15, 0.2) is 36.5 Å². The van der Waals surface area contributed by atoms with E-state index >= 15 is 0 Å². The molecule has 0 unspecified atom stereocenters. The van der Waals surface area contributed by atoms with E-state index in [0.29, 0.717) is 11.7 Å². The molecule has 0 saturated heterocycles. The summed E-state index contributed by atoms with van der Waals surface area (Å²) >= 11 is 5.28. The third kappa shape index (κ3) is 5.04. The average molecular weight is 318 g/mol. The number of aryl methyl sites for hydroxylation is 2. The van der Waals surface area contributed by atoms with Gasteiger partial charge in [0.1, 0.15) is 5.75 Å². The van der Waals surface area contributed by atoms with E-state index in [-0.39, 0.29) is 0 Å². The molecule has 1 heterocycles. The minimum absolute atomic E-state index is 0.626. The number of nitrogens with one attached hydrogen (secondary N) is 2. The summed E-state index contributed by atoms with van der Waals surface area (Å²) in [4.78, 5) is 0. The minimum atomic E-state index is 0.626. The topological polar surface area (TPSA) is 51.1 Å². The number of thiocarbonyl (C=S) groups is 1. The third-order valence-corrected chi connectivity index (χ3v) is 3.43. The van der Waals surface area contributed by atoms with Gasteiger partial charge >= 0.3 is 0 Å². The highest BCUT2D eigenvalue weighted by Crippen LogP contribution is 2.15. The summed E-state index contributed by atoms with van der Waals surface area (Å²) in [5.74, 6) is 0.863. The smallest absolute Gasteiger partial charge is 0.170 e. The van der Waals surface area contributed by atoms with Crippen molar-refractivity contribution in [2.75, 3.05) is 18.5 Å². The maximum atomic E-state index is 5.41. The van der Waals surface area contributed by atoms with E-state index in [1.165, 1.54) is 5.69 Å². The fourth-order valence-electron chi connectivity index (χ4n) is 2.04. The van der Waals surface area contributed by atoms with Crippen LogP contribution >= 0.6 is 12.2 Å². The summed E-state index contributed by atoms with van der Waals surface area (Å²) in [6.45, 7) is 6.39. The first-order valence-electron chi connectivity index (χ1n) is 7.45. The molecule has 5 nitrogen and oxygen atoms in total. The maximum Gasteiger partial charge on any atom is 0.170 e. The molecule has 0 aliphatic rings. The van der Waals surface area contributed by atoms with Crippen LogP contribution in [0, 0.1) is 6.92 Å². The first-order valence-corrected chi connectivity index (χ1v) is 7.86. The summed E-state index contributed by atoms with van der Waals surface area (Å²) in [5, 5.41) is 11.2. The minimum Gasteiger partial charge on any atom is -0.494 e. The van der Waals surface area contributed by atoms with E-state index < -0.39 is 0 Å². The van der Waals surface area contributed by atoms with Crippen molar-refractivity contribution >= 4 is 23.0 Å². The van der Waals surface area contributed by atoms with Crippen LogP contribution in [0.5, 0.6) is 5.75 Å². The lowest BCUT2D eigenvalue weighted by molar-refractivity contribution is 0.340. The van der Waals surface area contributed by atoms with Crippen molar-refractivity contribution in [1.29, 1.82) is 0 Å². The summed E-state index contributed by atoms with van der Waals surface area (Å²) in [6, 6.07) is 9.76. The standard InChI is InChI=1S/C16H22N4OS/c1-3-21-15-7-5-14(6-8-15)19-16(22)17-10-4-12-20-13(2)9-11-18-20/h5-9,11H,3-4,10,12H2,1-2H3,(H2,17,19,22). The molecule has 2 aromatic rings. The molecule has 1 aromatic carbocycles. The molecule has 0 spiro atoms. The SMILES string of the molecule is CCOc1ccc(NC(=S)NCCCn2nccc2C)cc1. The van der Waals surface area contributed by atoms with Crippen LogP contribution in [0.25, 0.3) is 0 Å². The van der Waals surface area contributed by atoms with E-state index in [2.05, 4.69) is 22.7 Å². The zero-order valence-electron chi connectivity index (χ0n) is 13.0. The molecule has 0 bridgehead atoms. The highest BCUT2D eigenvalue weighted by atomic mass is 32.1. The molecule has 0 atom stereocenters. The molecule has 1 aromatic heterocycles. The molecule has 2 rings (SSSR count). The normalized spacial score (nSPS) is 10.3. The lowest BCUT2D eigenvalue weighted by Gasteiger charge is -2.11. The number of rotatable bonds is 7. The number of aromatic nitrogens is 2. The molecule has 0 fully saturated rings. The number of anilines is 1. The van der Waals surface area contributed by atoms with Crippen LogP contribution in [-0.4, -0.2) is 28.0 Å². The average Bonchev–Trinajstić information content (AvgIpc) is 2.91. The molecule has 2 N–H and O–H groups in total. The molecule has 6 heteroatoms. The van der Waals surface area contributed by atoms with Crippen LogP contribution in [0.3, 0.4) is 0 Å². The Hall–Kier alpha value is -2.08. The molecule has 118 valence electrons. The Morgan fingerprint density at radius 2 is 2.05 bits per heavy atom. The van der Waals surface area contributed by atoms with E-state index in [9.17, 15) is 0 Å². The van der Waals surface area contributed by atoms with Gasteiger partial charge in [-0.25, -0.2) is 0 Å². The summed E-state index contributed by atoms with van der Waals surface area (Å²) < 4.78 is 7.40. The zero-order chi connectivity index (χ0) is 15.8. The Morgan fingerprint density at radius 1 is 1.27 bits per heavy atom. The Balaban J connectivity index is 1.68. The van der Waals surface area contributed by atoms with Crippen molar-refractivity contribution in [2.45, 2.75) is 26.8 Å². The number of ether oxygens (including phenoxy) is 1. The van der Waals surface area contributed by atoms with Crippen molar-refractivity contribution in [3.63, 3.8) is 0 Å². The lowest BCUT2D eigenvalue weighted by Crippen LogP contribution is -2.29. The van der Waals surface area contributed by atoms with Crippen molar-refractivity contribution in [1.82, 2.24) is 15.1 Å². The lowest BCUT2D eigenvalue weighted by atomic mass is 10.3. The second-order valence-corrected chi connectivity index (χ2v) is 5.30. The third-order valence-electron chi connectivity index (χ3n) is 3.18. The van der Waals surface area contributed by atoms with E-state index in [4.69, 9.17) is 17.0 Å². The molecule has 0 amide bonds. The number of hydrogen-bond acceptors (Lipinski definition) is 3. The number of nitrogens with zero attached hydrogens (tertiary/aromatic N) is 2. The van der Waals surface area contributed by atoms with Gasteiger partial charge in [-0.3, -0.25) is 4.68 Å². The summed E-state index contributed by atoms with van der Waals surface area (Å²) in [6.07, 6.45) is 2.79. The van der Waals surface area contributed by atoms with Gasteiger partial charge in [-0.15, -0.1) is 0 Å². The predicted molar refractivity (Wildman–Crippen MR) is 93.4 cm³/mol. The largest absolute Gasteiger partial charge is 0.494 e. The zero-order valence-corrected chi connectivity index (χ0v) is 13.8. The van der Waals surface area contributed by atoms with Gasteiger partial charge in [-0.2, -0.15) is 5.10 Å². The highest BCUT2D eigenvalue weighted by molar-refractivity contribution is 7.80. The van der Waals surface area contributed by atoms with Gasteiger partial charge < -0.3 is 15.4 Å². The molecule has 0 aliphatic carbocycles. The first-order chi connectivity index (χ1) is 10.7. The molecule has 22 heavy (non-hydrogen) atoms. The molecule has 0 radical (unpaired) electrons. The first kappa shape index (κ1) is 16.3. The molecule has 0 saturated carbocycles. The predicted octanol–water partition coefficient (Wildman–Crippen LogP) is 2.97. The number of hydrogen-bond donors (Lipinski definition) is 2. The summed E-state index contributed by atoms with van der Waals surface area (Å²) in [7, 11) is 0. The van der Waals surface area contributed by atoms with Gasteiger partial charge in [0.05, 0.1) is 6.61 Å². The van der Waals surface area contributed by atoms with Crippen LogP contribution in [0.4, 0.5) is 5.69 Å². The van der Waals surface area contributed by atoms with Gasteiger partial charge in [-0.05, 0) is 62.8 Å². The Labute approximate surface area is 136 Å². The van der Waals surface area contributed by atoms with Crippen molar-refractivity contribution in [2.24, 2.45) is 0 Å². The maximum absolute atomic E-state index is 5.41. The van der Waals surface area contributed by atoms with Crippen LogP contribution in [-0.2, 0) is 6.54 Å². The second kappa shape index (κ2) is 8.38. The van der Waals surface area contributed by atoms with Crippen molar-refractivity contribution in [3.05, 3.63) is 42.2 Å². The van der Waals surface area contributed by atoms with Crippen LogP contribution in [0.1, 0.15) is 19.0 Å². The number of benzene rings is 1. The van der Waals surface area contributed by atoms with Gasteiger partial charge in [-0.1, -0.05) is 0 Å². The van der Waals surface area contributed by atoms with Crippen molar-refractivity contribution in [3.8, 4) is 5.75 Å². The second-order valence-electron chi connectivity index (χ2n) is 4.89. The van der Waals surface area contributed by atoms with E-state index in [1.807, 2.05) is 48.1 Å². The summed E-state index contributed by atoms with van der Waals surface area (Å²) in [5.41, 5.74) is 2.12. The van der Waals surface area contributed by atoms with Crippen LogP contribution in [0.2, 0.25) is 0 Å². The molecular weight excluding hydrogens is 296 g/mol. The Bertz CT molecular complexity index is 594. The van der Waals surface area contributed by atoms with E-state index in [0.717, 1.165) is 30.9 Å². The van der Waals surface area contributed by atoms with Crippen LogP contribution < -0.4 is 15.4 Å². The molecule has 0 aliphatic heterocycles. The Morgan fingerprint density at radius 3 is 2.68 bits per heavy atom. The van der Waals surface area contributed by atoms with Gasteiger partial charge in [0.2, 0.25) is 0 Å². The molecular formula is C16H22N4OS. The van der Waals surface area contributed by atoms with Crippen molar-refractivity contribution < 1.29 is 4.74 Å². The van der Waals surface area contributed by atoms with Gasteiger partial charge in [0, 0.05) is 30.7 Å². The highest BCUT2D eigenvalue weighted by Gasteiger charge is 2.00. The van der Waals surface area contributed by atoms with Gasteiger partial charge in [0.25, 0.3) is 0 Å². The van der Waals surface area contributed by atoms with E-state index in [1.54, 1.807) is 0 Å². The monoisotopic (exact) mass is 318 g/mol. The quantitative estimate of drug-likeness (QED) is 0.607. The Kier molecular flexibility index (Phi) is 6.21. The van der Waals surface area contributed by atoms with Gasteiger partial charge in [0.15, 0.2) is 5.11 Å².